The predicted molar refractivity (Wildman–Crippen MR) is 56.1 cm³/mol. The minimum absolute atomic E-state index is 0.208. The molecule has 1 aromatic carbocycles. The molecule has 0 aromatic heterocycles. The number of halogens is 1. The molecule has 0 radical (unpaired) electrons. The molecule has 1 heterocycles. The molecule has 1 N–H and O–H groups in total. The molecule has 1 aromatic rings. The van der Waals surface area contributed by atoms with Gasteiger partial charge in [0, 0.05) is 6.04 Å². The Morgan fingerprint density at radius 1 is 1.36 bits per heavy atom. The van der Waals surface area contributed by atoms with Crippen LogP contribution < -0.4 is 5.32 Å². The predicted octanol–water partition coefficient (Wildman–Crippen LogP) is 2.76. The third-order valence-corrected chi connectivity index (χ3v) is 2.90. The maximum Gasteiger partial charge on any atom is 0.103 e. The largest absolute Gasteiger partial charge is 0.310 e. The molecule has 14 heavy (non-hydrogen) atoms. The Morgan fingerprint density at radius 3 is 2.86 bits per heavy atom. The lowest BCUT2D eigenvalue weighted by atomic mass is 9.93. The Morgan fingerprint density at radius 2 is 2.14 bits per heavy atom. The summed E-state index contributed by atoms with van der Waals surface area (Å²) in [7, 11) is 0. The molecule has 0 bridgehead atoms. The first-order valence-electron chi connectivity index (χ1n) is 5.20. The minimum atomic E-state index is -0.638. The van der Waals surface area contributed by atoms with Crippen LogP contribution in [0.3, 0.4) is 0 Å². The second kappa shape index (κ2) is 4.09. The summed E-state index contributed by atoms with van der Waals surface area (Å²) in [6, 6.07) is 8.42. The first-order valence-corrected chi connectivity index (χ1v) is 5.20. The number of alkyl halides is 1. The summed E-state index contributed by atoms with van der Waals surface area (Å²) in [6.07, 6.45) is 0.633. The molecule has 76 valence electrons. The van der Waals surface area contributed by atoms with E-state index in [1.54, 1.807) is 0 Å². The van der Waals surface area contributed by atoms with Crippen molar-refractivity contribution in [2.45, 2.75) is 32.0 Å². The molecule has 0 aliphatic carbocycles. The Balaban J connectivity index is 2.18. The van der Waals surface area contributed by atoms with Crippen molar-refractivity contribution in [2.24, 2.45) is 0 Å². The summed E-state index contributed by atoms with van der Waals surface area (Å²) in [5.74, 6) is 0. The summed E-state index contributed by atoms with van der Waals surface area (Å²) in [4.78, 5) is 0. The average Bonchev–Trinajstić information content (AvgIpc) is 2.18. The van der Waals surface area contributed by atoms with Gasteiger partial charge in [0.1, 0.15) is 6.17 Å². The van der Waals surface area contributed by atoms with Crippen LogP contribution in [0.1, 0.15) is 30.0 Å². The van der Waals surface area contributed by atoms with Gasteiger partial charge in [-0.1, -0.05) is 24.3 Å². The topological polar surface area (TPSA) is 12.0 Å². The van der Waals surface area contributed by atoms with Crippen molar-refractivity contribution in [3.8, 4) is 0 Å². The highest BCUT2D eigenvalue weighted by Crippen LogP contribution is 2.26. The molecular weight excluding hydrogens is 177 g/mol. The van der Waals surface area contributed by atoms with E-state index in [-0.39, 0.29) is 6.04 Å². The van der Waals surface area contributed by atoms with E-state index in [9.17, 15) is 4.39 Å². The number of hydrogen-bond donors (Lipinski definition) is 1. The maximum atomic E-state index is 13.2. The summed E-state index contributed by atoms with van der Waals surface area (Å²) in [6.45, 7) is 2.87. The van der Waals surface area contributed by atoms with Crippen molar-refractivity contribution in [1.82, 2.24) is 5.32 Å². The summed E-state index contributed by atoms with van der Waals surface area (Å²) >= 11 is 0. The lowest BCUT2D eigenvalue weighted by Gasteiger charge is -2.27. The van der Waals surface area contributed by atoms with Gasteiger partial charge in [0.15, 0.2) is 0 Å². The molecule has 1 aliphatic rings. The number of aryl methyl sites for hydroxylation is 1. The molecule has 2 heteroatoms. The lowest BCUT2D eigenvalue weighted by Crippen LogP contribution is -2.32. The van der Waals surface area contributed by atoms with Gasteiger partial charge in [-0.15, -0.1) is 0 Å². The number of rotatable bonds is 1. The third kappa shape index (κ3) is 1.95. The van der Waals surface area contributed by atoms with E-state index in [1.165, 1.54) is 11.1 Å². The molecule has 1 saturated heterocycles. The van der Waals surface area contributed by atoms with Gasteiger partial charge < -0.3 is 5.32 Å². The molecule has 2 unspecified atom stereocenters. The van der Waals surface area contributed by atoms with Gasteiger partial charge >= 0.3 is 0 Å². The SMILES string of the molecule is Cc1ccccc1C1CC(F)CCN1. The number of piperidine rings is 1. The molecule has 1 nitrogen and oxygen atoms in total. The van der Waals surface area contributed by atoms with Gasteiger partial charge in [-0.05, 0) is 37.4 Å². The van der Waals surface area contributed by atoms with Gasteiger partial charge in [0.25, 0.3) is 0 Å². The summed E-state index contributed by atoms with van der Waals surface area (Å²) in [5.41, 5.74) is 2.49. The van der Waals surface area contributed by atoms with Crippen LogP contribution in [0.25, 0.3) is 0 Å². The molecule has 2 atom stereocenters. The lowest BCUT2D eigenvalue weighted by molar-refractivity contribution is 0.223. The maximum absolute atomic E-state index is 13.2. The monoisotopic (exact) mass is 193 g/mol. The Bertz CT molecular complexity index is 311. The highest BCUT2D eigenvalue weighted by Gasteiger charge is 2.22. The normalized spacial score (nSPS) is 27.6. The number of hydrogen-bond acceptors (Lipinski definition) is 1. The van der Waals surface area contributed by atoms with Crippen LogP contribution in [0.5, 0.6) is 0 Å². The third-order valence-electron chi connectivity index (χ3n) is 2.90. The van der Waals surface area contributed by atoms with Gasteiger partial charge in [0.05, 0.1) is 0 Å². The van der Waals surface area contributed by atoms with Crippen molar-refractivity contribution in [3.63, 3.8) is 0 Å². The molecule has 2 rings (SSSR count). The molecule has 1 fully saturated rings. The van der Waals surface area contributed by atoms with Crippen LogP contribution >= 0.6 is 0 Å². The van der Waals surface area contributed by atoms with Crippen molar-refractivity contribution in [2.75, 3.05) is 6.54 Å². The fraction of sp³-hybridized carbons (Fsp3) is 0.500. The van der Waals surface area contributed by atoms with Crippen LogP contribution in [-0.2, 0) is 0 Å². The van der Waals surface area contributed by atoms with Crippen molar-refractivity contribution < 1.29 is 4.39 Å². The number of benzene rings is 1. The van der Waals surface area contributed by atoms with Gasteiger partial charge in [-0.25, -0.2) is 4.39 Å². The quantitative estimate of drug-likeness (QED) is 0.723. The fourth-order valence-corrected chi connectivity index (χ4v) is 2.09. The second-order valence-electron chi connectivity index (χ2n) is 3.98. The van der Waals surface area contributed by atoms with E-state index >= 15 is 0 Å². The first kappa shape index (κ1) is 9.66. The fourth-order valence-electron chi connectivity index (χ4n) is 2.09. The highest BCUT2D eigenvalue weighted by atomic mass is 19.1. The summed E-state index contributed by atoms with van der Waals surface area (Å²) in [5, 5.41) is 3.37. The van der Waals surface area contributed by atoms with E-state index in [1.807, 2.05) is 12.1 Å². The second-order valence-corrected chi connectivity index (χ2v) is 3.98. The smallest absolute Gasteiger partial charge is 0.103 e. The van der Waals surface area contributed by atoms with Crippen LogP contribution in [0.15, 0.2) is 24.3 Å². The van der Waals surface area contributed by atoms with Crippen LogP contribution in [0.2, 0.25) is 0 Å². The van der Waals surface area contributed by atoms with E-state index in [0.717, 1.165) is 6.54 Å². The van der Waals surface area contributed by atoms with Crippen LogP contribution in [0, 0.1) is 6.92 Å². The standard InChI is InChI=1S/C12H16FN/c1-9-4-2-3-5-11(9)12-8-10(13)6-7-14-12/h2-5,10,12,14H,6-8H2,1H3. The van der Waals surface area contributed by atoms with Crippen LogP contribution in [0.4, 0.5) is 4.39 Å². The highest BCUT2D eigenvalue weighted by molar-refractivity contribution is 5.29. The summed E-state index contributed by atoms with van der Waals surface area (Å²) < 4.78 is 13.2. The van der Waals surface area contributed by atoms with Gasteiger partial charge in [0.2, 0.25) is 0 Å². The van der Waals surface area contributed by atoms with E-state index in [4.69, 9.17) is 0 Å². The average molecular weight is 193 g/mol. The number of nitrogens with one attached hydrogen (secondary N) is 1. The van der Waals surface area contributed by atoms with Crippen molar-refractivity contribution >= 4 is 0 Å². The Kier molecular flexibility index (Phi) is 2.82. The first-order chi connectivity index (χ1) is 6.77. The zero-order valence-corrected chi connectivity index (χ0v) is 8.46. The molecule has 0 amide bonds. The molecule has 0 spiro atoms. The zero-order valence-electron chi connectivity index (χ0n) is 8.46. The Hall–Kier alpha value is -0.890. The Labute approximate surface area is 84.3 Å². The zero-order chi connectivity index (χ0) is 9.97. The minimum Gasteiger partial charge on any atom is -0.310 e. The van der Waals surface area contributed by atoms with Crippen LogP contribution in [-0.4, -0.2) is 12.7 Å². The van der Waals surface area contributed by atoms with Crippen molar-refractivity contribution in [3.05, 3.63) is 35.4 Å². The molecule has 0 saturated carbocycles. The van der Waals surface area contributed by atoms with Gasteiger partial charge in [-0.2, -0.15) is 0 Å². The van der Waals surface area contributed by atoms with Crippen molar-refractivity contribution in [1.29, 1.82) is 0 Å². The van der Waals surface area contributed by atoms with Gasteiger partial charge in [-0.3, -0.25) is 0 Å². The van der Waals surface area contributed by atoms with E-state index < -0.39 is 6.17 Å². The molecular formula is C12H16FN. The van der Waals surface area contributed by atoms with E-state index in [2.05, 4.69) is 24.4 Å². The van der Waals surface area contributed by atoms with E-state index in [0.29, 0.717) is 12.8 Å². The molecule has 1 aliphatic heterocycles.